The molecule has 3 aromatic rings. The third-order valence-corrected chi connectivity index (χ3v) is 5.96. The molecule has 1 fully saturated rings. The van der Waals surface area contributed by atoms with Crippen LogP contribution < -0.4 is 5.69 Å². The third-order valence-electron chi connectivity index (χ3n) is 5.96. The minimum Gasteiger partial charge on any atom is -0.299 e. The Balaban J connectivity index is 1.36. The van der Waals surface area contributed by atoms with Crippen molar-refractivity contribution in [3.63, 3.8) is 0 Å². The zero-order chi connectivity index (χ0) is 18.6. The average Bonchev–Trinajstić information content (AvgIpc) is 2.99. The van der Waals surface area contributed by atoms with Crippen LogP contribution in [0.25, 0.3) is 11.0 Å². The first-order chi connectivity index (χ1) is 13.3. The number of aromatic nitrogens is 2. The molecular weight excluding hydrogens is 334 g/mol. The summed E-state index contributed by atoms with van der Waals surface area (Å²) in [5.74, 6) is 0.715. The molecule has 4 rings (SSSR count). The van der Waals surface area contributed by atoms with Crippen LogP contribution in [0.3, 0.4) is 0 Å². The van der Waals surface area contributed by atoms with E-state index in [1.807, 2.05) is 28.2 Å². The van der Waals surface area contributed by atoms with Crippen molar-refractivity contribution in [3.05, 3.63) is 70.6 Å². The molecule has 0 unspecified atom stereocenters. The van der Waals surface area contributed by atoms with E-state index in [9.17, 15) is 4.79 Å². The highest BCUT2D eigenvalue weighted by Crippen LogP contribution is 2.23. The fraction of sp³-hybridized carbons (Fsp3) is 0.435. The number of para-hydroxylation sites is 2. The summed E-state index contributed by atoms with van der Waals surface area (Å²) in [4.78, 5) is 15.3. The Kier molecular flexibility index (Phi) is 5.44. The molecule has 0 atom stereocenters. The summed E-state index contributed by atoms with van der Waals surface area (Å²) in [7, 11) is 0. The van der Waals surface area contributed by atoms with Crippen LogP contribution in [0.5, 0.6) is 0 Å². The summed E-state index contributed by atoms with van der Waals surface area (Å²) >= 11 is 0. The first-order valence-corrected chi connectivity index (χ1v) is 10.2. The summed E-state index contributed by atoms with van der Waals surface area (Å²) in [5, 5.41) is 0. The van der Waals surface area contributed by atoms with Crippen LogP contribution in [0.4, 0.5) is 0 Å². The minimum atomic E-state index is 0.139. The van der Waals surface area contributed by atoms with Gasteiger partial charge in [0.05, 0.1) is 11.0 Å². The Bertz CT molecular complexity index is 933. The lowest BCUT2D eigenvalue weighted by Crippen LogP contribution is -2.34. The van der Waals surface area contributed by atoms with Crippen molar-refractivity contribution in [1.82, 2.24) is 14.0 Å². The molecule has 0 N–H and O–H groups in total. The Morgan fingerprint density at radius 1 is 0.889 bits per heavy atom. The van der Waals surface area contributed by atoms with Crippen LogP contribution in [-0.2, 0) is 19.6 Å². The van der Waals surface area contributed by atoms with Crippen LogP contribution in [-0.4, -0.2) is 27.1 Å². The second-order valence-electron chi connectivity index (χ2n) is 7.66. The van der Waals surface area contributed by atoms with Gasteiger partial charge in [-0.05, 0) is 62.9 Å². The van der Waals surface area contributed by atoms with Crippen LogP contribution >= 0.6 is 0 Å². The molecule has 142 valence electrons. The smallest absolute Gasteiger partial charge is 0.299 e. The number of imidazole rings is 1. The maximum atomic E-state index is 12.8. The van der Waals surface area contributed by atoms with Crippen LogP contribution in [0, 0.1) is 5.92 Å². The molecule has 0 aliphatic carbocycles. The van der Waals surface area contributed by atoms with Gasteiger partial charge in [-0.25, -0.2) is 4.79 Å². The maximum Gasteiger partial charge on any atom is 0.329 e. The van der Waals surface area contributed by atoms with Crippen molar-refractivity contribution in [1.29, 1.82) is 0 Å². The number of benzene rings is 2. The minimum absolute atomic E-state index is 0.139. The number of hydrogen-bond acceptors (Lipinski definition) is 2. The zero-order valence-electron chi connectivity index (χ0n) is 16.2. The van der Waals surface area contributed by atoms with Gasteiger partial charge in [0.1, 0.15) is 0 Å². The monoisotopic (exact) mass is 363 g/mol. The summed E-state index contributed by atoms with van der Waals surface area (Å²) in [6.45, 7) is 6.97. The van der Waals surface area contributed by atoms with E-state index in [1.165, 1.54) is 18.4 Å². The molecule has 0 bridgehead atoms. The highest BCUT2D eigenvalue weighted by Gasteiger charge is 2.20. The van der Waals surface area contributed by atoms with Gasteiger partial charge in [0.2, 0.25) is 0 Å². The Hall–Kier alpha value is -2.33. The predicted molar refractivity (Wildman–Crippen MR) is 111 cm³/mol. The molecule has 0 spiro atoms. The van der Waals surface area contributed by atoms with Gasteiger partial charge in [0.25, 0.3) is 0 Å². The fourth-order valence-electron chi connectivity index (χ4n) is 4.38. The van der Waals surface area contributed by atoms with Crippen molar-refractivity contribution in [2.75, 3.05) is 13.1 Å². The number of likely N-dealkylation sites (tertiary alicyclic amines) is 1. The van der Waals surface area contributed by atoms with Gasteiger partial charge in [-0.2, -0.15) is 0 Å². The summed E-state index contributed by atoms with van der Waals surface area (Å²) in [6, 6.07) is 18.9. The van der Waals surface area contributed by atoms with Crippen LogP contribution in [0.1, 0.15) is 31.7 Å². The maximum absolute atomic E-state index is 12.8. The Labute approximate surface area is 161 Å². The molecule has 0 amide bonds. The lowest BCUT2D eigenvalue weighted by Gasteiger charge is -2.32. The lowest BCUT2D eigenvalue weighted by atomic mass is 9.93. The predicted octanol–water partition coefficient (Wildman–Crippen LogP) is 4.13. The van der Waals surface area contributed by atoms with E-state index in [0.717, 1.165) is 50.2 Å². The van der Waals surface area contributed by atoms with E-state index in [0.29, 0.717) is 5.92 Å². The Morgan fingerprint density at radius 3 is 2.19 bits per heavy atom. The molecule has 1 saturated heterocycles. The van der Waals surface area contributed by atoms with Crippen molar-refractivity contribution < 1.29 is 0 Å². The van der Waals surface area contributed by atoms with Gasteiger partial charge in [-0.15, -0.1) is 0 Å². The van der Waals surface area contributed by atoms with E-state index >= 15 is 0 Å². The summed E-state index contributed by atoms with van der Waals surface area (Å²) in [6.07, 6.45) is 3.55. The highest BCUT2D eigenvalue weighted by molar-refractivity contribution is 5.75. The first-order valence-electron chi connectivity index (χ1n) is 10.2. The first kappa shape index (κ1) is 18.1. The topological polar surface area (TPSA) is 30.2 Å². The zero-order valence-corrected chi connectivity index (χ0v) is 16.2. The summed E-state index contributed by atoms with van der Waals surface area (Å²) < 4.78 is 3.87. The lowest BCUT2D eigenvalue weighted by molar-refractivity contribution is 0.169. The average molecular weight is 364 g/mol. The van der Waals surface area contributed by atoms with Gasteiger partial charge in [0.15, 0.2) is 0 Å². The molecule has 4 nitrogen and oxygen atoms in total. The van der Waals surface area contributed by atoms with Crippen molar-refractivity contribution in [2.24, 2.45) is 5.92 Å². The normalized spacial score (nSPS) is 16.2. The number of hydrogen-bond donors (Lipinski definition) is 0. The molecular formula is C23H29N3O. The van der Waals surface area contributed by atoms with Crippen molar-refractivity contribution in [3.8, 4) is 0 Å². The molecule has 1 aliphatic rings. The molecule has 0 radical (unpaired) electrons. The van der Waals surface area contributed by atoms with E-state index in [1.54, 1.807) is 0 Å². The number of nitrogens with zero attached hydrogens (tertiary/aromatic N) is 3. The van der Waals surface area contributed by atoms with Gasteiger partial charge in [-0.3, -0.25) is 14.0 Å². The number of aryl methyl sites for hydroxylation is 2. The largest absolute Gasteiger partial charge is 0.329 e. The molecule has 1 aliphatic heterocycles. The second-order valence-corrected chi connectivity index (χ2v) is 7.66. The van der Waals surface area contributed by atoms with E-state index < -0.39 is 0 Å². The molecule has 4 heteroatoms. The second kappa shape index (κ2) is 8.13. The van der Waals surface area contributed by atoms with Gasteiger partial charge in [0, 0.05) is 19.6 Å². The van der Waals surface area contributed by atoms with Crippen molar-refractivity contribution in [2.45, 2.75) is 45.8 Å². The quantitative estimate of drug-likeness (QED) is 0.659. The molecule has 1 aromatic heterocycles. The molecule has 2 heterocycles. The number of piperidine rings is 1. The SMILES string of the molecule is CCn1c(=O)n(CCC2CCN(Cc3ccccc3)CC2)c2ccccc21. The number of rotatable bonds is 6. The standard InChI is InChI=1S/C23H29N3O/c1-2-25-21-10-6-7-11-22(21)26(23(25)27)17-14-19-12-15-24(16-13-19)18-20-8-4-3-5-9-20/h3-11,19H,2,12-18H2,1H3. The van der Waals surface area contributed by atoms with Crippen molar-refractivity contribution >= 4 is 11.0 Å². The van der Waals surface area contributed by atoms with Gasteiger partial charge in [-0.1, -0.05) is 42.5 Å². The molecule has 0 saturated carbocycles. The van der Waals surface area contributed by atoms with Crippen LogP contribution in [0.2, 0.25) is 0 Å². The van der Waals surface area contributed by atoms with E-state index in [4.69, 9.17) is 0 Å². The highest BCUT2D eigenvalue weighted by atomic mass is 16.1. The Morgan fingerprint density at radius 2 is 1.52 bits per heavy atom. The third kappa shape index (κ3) is 3.86. The van der Waals surface area contributed by atoms with Crippen LogP contribution in [0.15, 0.2) is 59.4 Å². The molecule has 27 heavy (non-hydrogen) atoms. The fourth-order valence-corrected chi connectivity index (χ4v) is 4.38. The number of fused-ring (bicyclic) bond motifs is 1. The van der Waals surface area contributed by atoms with Gasteiger partial charge >= 0.3 is 5.69 Å². The summed E-state index contributed by atoms with van der Waals surface area (Å²) in [5.41, 5.74) is 3.67. The molecule has 2 aromatic carbocycles. The van der Waals surface area contributed by atoms with E-state index in [-0.39, 0.29) is 5.69 Å². The van der Waals surface area contributed by atoms with E-state index in [2.05, 4.69) is 47.4 Å². The van der Waals surface area contributed by atoms with Gasteiger partial charge < -0.3 is 0 Å².